The van der Waals surface area contributed by atoms with Crippen LogP contribution in [0.4, 0.5) is 5.69 Å². The maximum atomic E-state index is 12.7. The molecule has 4 rings (SSSR count). The van der Waals surface area contributed by atoms with Gasteiger partial charge in [-0.05, 0) is 61.0 Å². The van der Waals surface area contributed by atoms with Crippen LogP contribution in [0.1, 0.15) is 5.56 Å². The Morgan fingerprint density at radius 2 is 1.88 bits per heavy atom. The second-order valence-electron chi connectivity index (χ2n) is 7.12. The molecular formula is C24H23N5O3S. The summed E-state index contributed by atoms with van der Waals surface area (Å²) in [5.74, 6) is 1.97. The zero-order valence-electron chi connectivity index (χ0n) is 18.5. The Morgan fingerprint density at radius 1 is 1.06 bits per heavy atom. The van der Waals surface area contributed by atoms with Crippen LogP contribution in [0.25, 0.3) is 17.1 Å². The van der Waals surface area contributed by atoms with Gasteiger partial charge in [-0.1, -0.05) is 17.8 Å². The van der Waals surface area contributed by atoms with Crippen LogP contribution in [-0.2, 0) is 4.79 Å². The molecule has 0 unspecified atom stereocenters. The lowest BCUT2D eigenvalue weighted by Gasteiger charge is -2.12. The van der Waals surface area contributed by atoms with Gasteiger partial charge in [0.25, 0.3) is 0 Å². The van der Waals surface area contributed by atoms with E-state index in [-0.39, 0.29) is 11.7 Å². The number of aryl methyl sites for hydroxylation is 1. The van der Waals surface area contributed by atoms with Gasteiger partial charge in [-0.2, -0.15) is 0 Å². The fraction of sp³-hybridized carbons (Fsp3) is 0.167. The number of carbonyl (C=O) groups excluding carboxylic acids is 1. The topological polar surface area (TPSA) is 91.2 Å². The predicted octanol–water partition coefficient (Wildman–Crippen LogP) is 4.39. The molecule has 0 atom stereocenters. The van der Waals surface area contributed by atoms with Crippen molar-refractivity contribution < 1.29 is 14.3 Å². The van der Waals surface area contributed by atoms with E-state index in [1.54, 1.807) is 26.6 Å². The number of thioether (sulfide) groups is 1. The highest BCUT2D eigenvalue weighted by Gasteiger charge is 2.18. The predicted molar refractivity (Wildman–Crippen MR) is 128 cm³/mol. The summed E-state index contributed by atoms with van der Waals surface area (Å²) in [5.41, 5.74) is 3.33. The van der Waals surface area contributed by atoms with Crippen molar-refractivity contribution in [1.29, 1.82) is 0 Å². The molecule has 0 aliphatic heterocycles. The van der Waals surface area contributed by atoms with Gasteiger partial charge in [-0.3, -0.25) is 14.3 Å². The third-order valence-corrected chi connectivity index (χ3v) is 5.77. The minimum Gasteiger partial charge on any atom is -0.497 e. The molecule has 2 aromatic carbocycles. The van der Waals surface area contributed by atoms with Crippen molar-refractivity contribution in [3.63, 3.8) is 0 Å². The number of methoxy groups -OCH3 is 2. The van der Waals surface area contributed by atoms with Crippen LogP contribution in [0.3, 0.4) is 0 Å². The van der Waals surface area contributed by atoms with Crippen molar-refractivity contribution in [2.45, 2.75) is 12.1 Å². The van der Waals surface area contributed by atoms with Gasteiger partial charge in [0.1, 0.15) is 11.5 Å². The van der Waals surface area contributed by atoms with E-state index in [4.69, 9.17) is 9.47 Å². The zero-order chi connectivity index (χ0) is 23.2. The number of nitrogens with one attached hydrogen (secondary N) is 1. The van der Waals surface area contributed by atoms with Gasteiger partial charge >= 0.3 is 0 Å². The second kappa shape index (κ2) is 10.2. The van der Waals surface area contributed by atoms with E-state index >= 15 is 0 Å². The van der Waals surface area contributed by atoms with Gasteiger partial charge in [0.15, 0.2) is 11.0 Å². The zero-order valence-corrected chi connectivity index (χ0v) is 19.3. The van der Waals surface area contributed by atoms with E-state index in [1.807, 2.05) is 66.1 Å². The van der Waals surface area contributed by atoms with Gasteiger partial charge in [0.2, 0.25) is 5.91 Å². The number of hydrogen-bond acceptors (Lipinski definition) is 7. The van der Waals surface area contributed by atoms with Gasteiger partial charge in [-0.15, -0.1) is 10.2 Å². The summed E-state index contributed by atoms with van der Waals surface area (Å²) >= 11 is 1.30. The number of pyridine rings is 1. The Kier molecular flexibility index (Phi) is 6.89. The molecule has 9 heteroatoms. The van der Waals surface area contributed by atoms with Crippen LogP contribution < -0.4 is 14.8 Å². The molecule has 0 aliphatic carbocycles. The number of amides is 1. The minimum absolute atomic E-state index is 0.151. The quantitative estimate of drug-likeness (QED) is 0.389. The molecule has 0 saturated heterocycles. The molecule has 2 heterocycles. The first kappa shape index (κ1) is 22.3. The van der Waals surface area contributed by atoms with Crippen LogP contribution >= 0.6 is 11.8 Å². The third kappa shape index (κ3) is 5.15. The number of carbonyl (C=O) groups is 1. The summed E-state index contributed by atoms with van der Waals surface area (Å²) in [5, 5.41) is 12.2. The number of ether oxygens (including phenoxy) is 2. The molecule has 33 heavy (non-hydrogen) atoms. The summed E-state index contributed by atoms with van der Waals surface area (Å²) in [6.45, 7) is 1.96. The Balaban J connectivity index is 1.59. The smallest absolute Gasteiger partial charge is 0.234 e. The highest BCUT2D eigenvalue weighted by molar-refractivity contribution is 7.99. The van der Waals surface area contributed by atoms with E-state index < -0.39 is 0 Å². The van der Waals surface area contributed by atoms with Gasteiger partial charge in [-0.25, -0.2) is 0 Å². The van der Waals surface area contributed by atoms with Crippen LogP contribution in [0, 0.1) is 6.92 Å². The number of aromatic nitrogens is 4. The lowest BCUT2D eigenvalue weighted by molar-refractivity contribution is -0.113. The summed E-state index contributed by atoms with van der Waals surface area (Å²) in [4.78, 5) is 16.9. The molecule has 0 radical (unpaired) electrons. The second-order valence-corrected chi connectivity index (χ2v) is 8.06. The molecule has 2 aromatic heterocycles. The fourth-order valence-corrected chi connectivity index (χ4v) is 4.00. The lowest BCUT2D eigenvalue weighted by atomic mass is 10.2. The molecule has 8 nitrogen and oxygen atoms in total. The maximum Gasteiger partial charge on any atom is 0.234 e. The first-order valence-corrected chi connectivity index (χ1v) is 11.1. The average molecular weight is 462 g/mol. The summed E-state index contributed by atoms with van der Waals surface area (Å²) in [7, 11) is 3.20. The van der Waals surface area contributed by atoms with Gasteiger partial charge < -0.3 is 14.8 Å². The monoisotopic (exact) mass is 461 g/mol. The average Bonchev–Trinajstić information content (AvgIpc) is 3.27. The van der Waals surface area contributed by atoms with E-state index in [0.717, 1.165) is 22.6 Å². The molecule has 0 fully saturated rings. The van der Waals surface area contributed by atoms with Gasteiger partial charge in [0, 0.05) is 23.6 Å². The third-order valence-electron chi connectivity index (χ3n) is 4.85. The molecular weight excluding hydrogens is 438 g/mol. The highest BCUT2D eigenvalue weighted by Crippen LogP contribution is 2.29. The Bertz CT molecular complexity index is 1240. The van der Waals surface area contributed by atoms with E-state index in [0.29, 0.717) is 22.4 Å². The SMILES string of the molecule is COc1ccc(-n2c(SCC(=O)Nc3cc(C)ccc3OC)nnc2-c2cccnc2)cc1. The Hall–Kier alpha value is -3.85. The first-order chi connectivity index (χ1) is 16.1. The van der Waals surface area contributed by atoms with Crippen LogP contribution in [-0.4, -0.2) is 45.6 Å². The van der Waals surface area contributed by atoms with Crippen molar-refractivity contribution in [1.82, 2.24) is 19.7 Å². The fourth-order valence-electron chi connectivity index (χ4n) is 3.25. The first-order valence-electron chi connectivity index (χ1n) is 10.2. The van der Waals surface area contributed by atoms with Crippen LogP contribution in [0.2, 0.25) is 0 Å². The Morgan fingerprint density at radius 3 is 2.58 bits per heavy atom. The normalized spacial score (nSPS) is 10.6. The summed E-state index contributed by atoms with van der Waals surface area (Å²) < 4.78 is 12.5. The molecule has 0 saturated carbocycles. The van der Waals surface area contributed by atoms with E-state index in [2.05, 4.69) is 20.5 Å². The van der Waals surface area contributed by atoms with Crippen molar-refractivity contribution in [3.05, 3.63) is 72.6 Å². The van der Waals surface area contributed by atoms with Crippen molar-refractivity contribution >= 4 is 23.4 Å². The van der Waals surface area contributed by atoms with E-state index in [9.17, 15) is 4.79 Å². The molecule has 4 aromatic rings. The van der Waals surface area contributed by atoms with Crippen LogP contribution in [0.15, 0.2) is 72.1 Å². The molecule has 168 valence electrons. The Labute approximate surface area is 196 Å². The molecule has 0 spiro atoms. The minimum atomic E-state index is -0.170. The molecule has 0 bridgehead atoms. The van der Waals surface area contributed by atoms with Crippen LogP contribution in [0.5, 0.6) is 11.5 Å². The number of benzene rings is 2. The van der Waals surface area contributed by atoms with Crippen molar-refractivity contribution in [2.24, 2.45) is 0 Å². The summed E-state index contributed by atoms with van der Waals surface area (Å²) in [6.07, 6.45) is 3.44. The standard InChI is InChI=1S/C24H23N5O3S/c1-16-6-11-21(32-3)20(13-16)26-22(30)15-33-24-28-27-23(17-5-4-12-25-14-17)29(24)18-7-9-19(31-2)10-8-18/h4-14H,15H2,1-3H3,(H,26,30). The van der Waals surface area contributed by atoms with Crippen molar-refractivity contribution in [3.8, 4) is 28.6 Å². The number of rotatable bonds is 8. The molecule has 1 N–H and O–H groups in total. The lowest BCUT2D eigenvalue weighted by Crippen LogP contribution is -2.15. The summed E-state index contributed by atoms with van der Waals surface area (Å²) in [6, 6.07) is 17.0. The highest BCUT2D eigenvalue weighted by atomic mass is 32.2. The largest absolute Gasteiger partial charge is 0.497 e. The maximum absolute atomic E-state index is 12.7. The van der Waals surface area contributed by atoms with Gasteiger partial charge in [0.05, 0.1) is 25.7 Å². The number of hydrogen-bond donors (Lipinski definition) is 1. The number of anilines is 1. The molecule has 0 aliphatic rings. The molecule has 1 amide bonds. The number of nitrogens with zero attached hydrogens (tertiary/aromatic N) is 4. The van der Waals surface area contributed by atoms with Crippen molar-refractivity contribution in [2.75, 3.05) is 25.3 Å². The van der Waals surface area contributed by atoms with E-state index in [1.165, 1.54) is 11.8 Å².